The lowest BCUT2D eigenvalue weighted by Crippen LogP contribution is -2.62. The van der Waals surface area contributed by atoms with Gasteiger partial charge in [0.1, 0.15) is 23.1 Å². The Hall–Kier alpha value is -3.98. The molecular weight excluding hydrogens is 567 g/mol. The Balaban J connectivity index is 1.59. The van der Waals surface area contributed by atoms with Crippen molar-refractivity contribution in [1.82, 2.24) is 20.2 Å². The van der Waals surface area contributed by atoms with Gasteiger partial charge >= 0.3 is 6.30 Å². The van der Waals surface area contributed by atoms with Crippen LogP contribution in [0.2, 0.25) is 0 Å². The number of halogens is 5. The SMILES string of the molecule is CC(C)(N)C(=O)NC(COCc1ccc(F)cc1F)C(=O)N1CCC2=NN(C(F)(F)F)C(=O)[C@]2(Cc2ccccn2)C1. The van der Waals surface area contributed by atoms with Crippen LogP contribution in [0.1, 0.15) is 31.5 Å². The summed E-state index contributed by atoms with van der Waals surface area (Å²) in [6.07, 6.45) is -4.06. The molecule has 10 nitrogen and oxygen atoms in total. The highest BCUT2D eigenvalue weighted by Gasteiger charge is 2.60. The van der Waals surface area contributed by atoms with Gasteiger partial charge < -0.3 is 20.7 Å². The van der Waals surface area contributed by atoms with Crippen molar-refractivity contribution in [2.24, 2.45) is 16.3 Å². The molecule has 0 aliphatic carbocycles. The molecular formula is C27H29F5N6O4. The van der Waals surface area contributed by atoms with Gasteiger partial charge in [-0.15, -0.1) is 18.2 Å². The van der Waals surface area contributed by atoms with Crippen molar-refractivity contribution in [3.63, 3.8) is 0 Å². The Labute approximate surface area is 237 Å². The second-order valence-electron chi connectivity index (χ2n) is 10.7. The number of nitrogens with zero attached hydrogens (tertiary/aromatic N) is 4. The summed E-state index contributed by atoms with van der Waals surface area (Å²) in [5.74, 6) is -4.51. The fourth-order valence-corrected chi connectivity index (χ4v) is 4.75. The number of alkyl halides is 3. The minimum absolute atomic E-state index is 0.00925. The average Bonchev–Trinajstić information content (AvgIpc) is 3.20. The summed E-state index contributed by atoms with van der Waals surface area (Å²) in [7, 11) is 0. The molecule has 226 valence electrons. The highest BCUT2D eigenvalue weighted by atomic mass is 19.4. The molecule has 2 aliphatic heterocycles. The molecule has 1 aromatic heterocycles. The Bertz CT molecular complexity index is 1380. The van der Waals surface area contributed by atoms with Crippen molar-refractivity contribution in [2.45, 2.75) is 51.2 Å². The van der Waals surface area contributed by atoms with Crippen LogP contribution in [0.5, 0.6) is 0 Å². The Morgan fingerprint density at radius 1 is 1.19 bits per heavy atom. The smallest absolute Gasteiger partial charge is 0.374 e. The third-order valence-electron chi connectivity index (χ3n) is 6.96. The van der Waals surface area contributed by atoms with Crippen LogP contribution >= 0.6 is 0 Å². The Morgan fingerprint density at radius 2 is 1.93 bits per heavy atom. The van der Waals surface area contributed by atoms with Gasteiger partial charge in [-0.25, -0.2) is 8.78 Å². The second-order valence-corrected chi connectivity index (χ2v) is 10.7. The van der Waals surface area contributed by atoms with Gasteiger partial charge in [-0.05, 0) is 32.0 Å². The van der Waals surface area contributed by atoms with E-state index in [0.29, 0.717) is 11.8 Å². The number of rotatable bonds is 9. The van der Waals surface area contributed by atoms with E-state index in [1.807, 2.05) is 0 Å². The molecule has 15 heteroatoms. The predicted octanol–water partition coefficient (Wildman–Crippen LogP) is 2.28. The molecule has 0 saturated carbocycles. The second kappa shape index (κ2) is 11.7. The van der Waals surface area contributed by atoms with Crippen LogP contribution in [0, 0.1) is 17.0 Å². The van der Waals surface area contributed by atoms with E-state index in [-0.39, 0.29) is 37.3 Å². The van der Waals surface area contributed by atoms with E-state index in [0.717, 1.165) is 17.0 Å². The van der Waals surface area contributed by atoms with Crippen molar-refractivity contribution in [1.29, 1.82) is 0 Å². The fourth-order valence-electron chi connectivity index (χ4n) is 4.75. The van der Waals surface area contributed by atoms with E-state index in [9.17, 15) is 36.3 Å². The number of benzene rings is 1. The Kier molecular flexibility index (Phi) is 8.64. The number of carbonyl (C=O) groups is 3. The van der Waals surface area contributed by atoms with Crippen molar-refractivity contribution in [3.05, 3.63) is 65.5 Å². The monoisotopic (exact) mass is 596 g/mol. The zero-order valence-electron chi connectivity index (χ0n) is 22.8. The maximum Gasteiger partial charge on any atom is 0.507 e. The molecule has 2 aromatic rings. The van der Waals surface area contributed by atoms with Gasteiger partial charge in [0.05, 0.1) is 24.5 Å². The number of hydrogen-bond donors (Lipinski definition) is 2. The first-order valence-electron chi connectivity index (χ1n) is 12.9. The minimum atomic E-state index is -5.08. The van der Waals surface area contributed by atoms with Crippen LogP contribution in [-0.2, 0) is 32.1 Å². The summed E-state index contributed by atoms with van der Waals surface area (Å²) in [6, 6.07) is 6.22. The topological polar surface area (TPSA) is 130 Å². The maximum atomic E-state index is 14.1. The number of nitrogens with one attached hydrogen (secondary N) is 1. The molecule has 1 saturated heterocycles. The zero-order valence-corrected chi connectivity index (χ0v) is 22.8. The molecule has 0 bridgehead atoms. The highest BCUT2D eigenvalue weighted by molar-refractivity contribution is 6.14. The minimum Gasteiger partial charge on any atom is -0.374 e. The molecule has 3 amide bonds. The number of amides is 3. The molecule has 1 unspecified atom stereocenters. The number of fused-ring (bicyclic) bond motifs is 1. The molecule has 0 radical (unpaired) electrons. The van der Waals surface area contributed by atoms with Crippen molar-refractivity contribution in [2.75, 3.05) is 19.7 Å². The van der Waals surface area contributed by atoms with Gasteiger partial charge in [-0.2, -0.15) is 5.10 Å². The van der Waals surface area contributed by atoms with E-state index < -0.39 is 70.8 Å². The first kappa shape index (κ1) is 31.0. The lowest BCUT2D eigenvalue weighted by molar-refractivity contribution is -0.241. The van der Waals surface area contributed by atoms with Gasteiger partial charge in [0.15, 0.2) is 0 Å². The zero-order chi connectivity index (χ0) is 30.9. The number of ether oxygens (including phenoxy) is 1. The van der Waals surface area contributed by atoms with Crippen molar-refractivity contribution < 1.29 is 41.1 Å². The lowest BCUT2D eigenvalue weighted by atomic mass is 9.74. The van der Waals surface area contributed by atoms with Crippen LogP contribution in [0.4, 0.5) is 22.0 Å². The van der Waals surface area contributed by atoms with Gasteiger partial charge in [0.2, 0.25) is 11.8 Å². The van der Waals surface area contributed by atoms with E-state index in [1.165, 1.54) is 20.0 Å². The summed E-state index contributed by atoms with van der Waals surface area (Å²) >= 11 is 0. The van der Waals surface area contributed by atoms with Crippen LogP contribution in [-0.4, -0.2) is 75.9 Å². The first-order valence-corrected chi connectivity index (χ1v) is 12.9. The number of pyridine rings is 1. The van der Waals surface area contributed by atoms with Crippen LogP contribution in [0.3, 0.4) is 0 Å². The predicted molar refractivity (Wildman–Crippen MR) is 138 cm³/mol. The average molecular weight is 597 g/mol. The molecule has 2 atom stereocenters. The molecule has 1 aromatic carbocycles. The van der Waals surface area contributed by atoms with Crippen LogP contribution in [0.25, 0.3) is 0 Å². The van der Waals surface area contributed by atoms with E-state index in [1.54, 1.807) is 18.2 Å². The molecule has 0 spiro atoms. The third-order valence-corrected chi connectivity index (χ3v) is 6.96. The first-order chi connectivity index (χ1) is 19.6. The lowest BCUT2D eigenvalue weighted by Gasteiger charge is -2.40. The van der Waals surface area contributed by atoms with E-state index in [4.69, 9.17) is 10.5 Å². The van der Waals surface area contributed by atoms with Crippen molar-refractivity contribution in [3.8, 4) is 0 Å². The van der Waals surface area contributed by atoms with Gasteiger partial charge in [0.25, 0.3) is 5.91 Å². The van der Waals surface area contributed by atoms with Crippen molar-refractivity contribution >= 4 is 23.4 Å². The number of hydrogen-bond acceptors (Lipinski definition) is 7. The van der Waals surface area contributed by atoms with Gasteiger partial charge in [-0.3, -0.25) is 19.4 Å². The molecule has 3 heterocycles. The standard InChI is InChI=1S/C27H29F5N6O4/c1-25(2,33)23(40)35-20(14-42-13-16-6-7-17(28)11-19(16)29)22(39)37-10-8-21-26(15-37,12-18-5-3-4-9-34-18)24(41)38(36-21)27(30,31)32/h3-7,9,11,20H,8,10,12-15,33H2,1-2H3,(H,35,40)/t20?,26-/m1/s1. The molecule has 2 aliphatic rings. The Morgan fingerprint density at radius 3 is 2.55 bits per heavy atom. The third kappa shape index (κ3) is 6.57. The highest BCUT2D eigenvalue weighted by Crippen LogP contribution is 2.42. The number of carbonyl (C=O) groups excluding carboxylic acids is 3. The van der Waals surface area contributed by atoms with Gasteiger partial charge in [0, 0.05) is 49.5 Å². The summed E-state index contributed by atoms with van der Waals surface area (Å²) in [5, 5.41) is 5.54. The molecule has 4 rings (SSSR count). The van der Waals surface area contributed by atoms with E-state index in [2.05, 4.69) is 15.4 Å². The van der Waals surface area contributed by atoms with Crippen LogP contribution < -0.4 is 11.1 Å². The number of piperidine rings is 1. The fraction of sp³-hybridized carbons (Fsp3) is 0.444. The summed E-state index contributed by atoms with van der Waals surface area (Å²) in [4.78, 5) is 45.1. The quantitative estimate of drug-likeness (QED) is 0.338. The largest absolute Gasteiger partial charge is 0.507 e. The molecule has 3 N–H and O–H groups in total. The summed E-state index contributed by atoms with van der Waals surface area (Å²) < 4.78 is 73.9. The molecule has 42 heavy (non-hydrogen) atoms. The number of aromatic nitrogens is 1. The van der Waals surface area contributed by atoms with E-state index >= 15 is 0 Å². The normalized spacial score (nSPS) is 19.8. The number of hydrazone groups is 1. The maximum absolute atomic E-state index is 14.1. The number of nitrogens with two attached hydrogens (primary N) is 1. The summed E-state index contributed by atoms with van der Waals surface area (Å²) in [5.41, 5.74) is 2.87. The van der Waals surface area contributed by atoms with Gasteiger partial charge in [-0.1, -0.05) is 12.1 Å². The number of likely N-dealkylation sites (tertiary alicyclic amines) is 1. The molecule has 1 fully saturated rings. The van der Waals surface area contributed by atoms with Crippen LogP contribution in [0.15, 0.2) is 47.7 Å². The summed E-state index contributed by atoms with van der Waals surface area (Å²) in [6.45, 7) is 1.35.